The average molecular weight is 304 g/mol. The molecule has 0 aliphatic carbocycles. The number of nitrogens with zero attached hydrogens (tertiary/aromatic N) is 2. The van der Waals surface area contributed by atoms with E-state index in [1.54, 1.807) is 12.1 Å². The molecule has 0 unspecified atom stereocenters. The van der Waals surface area contributed by atoms with E-state index in [2.05, 4.69) is 9.98 Å². The van der Waals surface area contributed by atoms with Crippen LogP contribution in [-0.2, 0) is 0 Å². The van der Waals surface area contributed by atoms with E-state index in [1.165, 1.54) is 21.3 Å². The lowest BCUT2D eigenvalue weighted by molar-refractivity contribution is 0.324. The highest BCUT2D eigenvalue weighted by Crippen LogP contribution is 2.40. The van der Waals surface area contributed by atoms with E-state index in [0.717, 1.165) is 0 Å². The van der Waals surface area contributed by atoms with Gasteiger partial charge >= 0.3 is 0 Å². The Labute approximate surface area is 123 Å². The van der Waals surface area contributed by atoms with Crippen molar-refractivity contribution >= 4 is 30.0 Å². The summed E-state index contributed by atoms with van der Waals surface area (Å²) in [6, 6.07) is 3.24. The van der Waals surface area contributed by atoms with Crippen LogP contribution in [0.15, 0.2) is 22.1 Å². The number of halogens is 1. The highest BCUT2D eigenvalue weighted by molar-refractivity contribution is 5.93. The van der Waals surface area contributed by atoms with Crippen LogP contribution in [-0.4, -0.2) is 33.2 Å². The van der Waals surface area contributed by atoms with E-state index in [1.807, 2.05) is 0 Å². The molecule has 0 fully saturated rings. The van der Waals surface area contributed by atoms with Crippen molar-refractivity contribution in [3.8, 4) is 17.2 Å². The average Bonchev–Trinajstić information content (AvgIpc) is 2.36. The Morgan fingerprint density at radius 3 is 1.80 bits per heavy atom. The van der Waals surface area contributed by atoms with Crippen molar-refractivity contribution in [3.05, 3.63) is 12.1 Å². The van der Waals surface area contributed by atoms with E-state index in [0.29, 0.717) is 22.9 Å². The van der Waals surface area contributed by atoms with Gasteiger partial charge in [-0.15, -0.1) is 12.4 Å². The minimum absolute atomic E-state index is 0. The van der Waals surface area contributed by atoms with Crippen LogP contribution in [0.2, 0.25) is 0 Å². The van der Waals surface area contributed by atoms with Gasteiger partial charge in [-0.2, -0.15) is 4.99 Å². The molecule has 9 heteroatoms. The van der Waals surface area contributed by atoms with Crippen molar-refractivity contribution in [2.75, 3.05) is 21.3 Å². The fourth-order valence-electron chi connectivity index (χ4n) is 1.42. The number of methoxy groups -OCH3 is 3. The second kappa shape index (κ2) is 7.95. The Bertz CT molecular complexity index is 490. The molecule has 0 bridgehead atoms. The number of aliphatic imine (C=N–C) groups is 2. The first-order valence-corrected chi connectivity index (χ1v) is 5.25. The summed E-state index contributed by atoms with van der Waals surface area (Å²) < 4.78 is 15.5. The first-order valence-electron chi connectivity index (χ1n) is 5.25. The van der Waals surface area contributed by atoms with Gasteiger partial charge in [0.25, 0.3) is 0 Å². The molecular weight excluding hydrogens is 286 g/mol. The van der Waals surface area contributed by atoms with E-state index in [4.69, 9.17) is 31.4 Å². The van der Waals surface area contributed by atoms with Gasteiger partial charge in [0.05, 0.1) is 27.0 Å². The third-order valence-corrected chi connectivity index (χ3v) is 2.14. The molecule has 1 aromatic rings. The summed E-state index contributed by atoms with van der Waals surface area (Å²) in [4.78, 5) is 7.64. The molecule has 20 heavy (non-hydrogen) atoms. The van der Waals surface area contributed by atoms with E-state index < -0.39 is 0 Å². The molecule has 0 amide bonds. The van der Waals surface area contributed by atoms with Crippen molar-refractivity contribution < 1.29 is 14.2 Å². The topological polar surface area (TPSA) is 130 Å². The summed E-state index contributed by atoms with van der Waals surface area (Å²) in [5, 5.41) is 0. The van der Waals surface area contributed by atoms with Gasteiger partial charge in [-0.3, -0.25) is 0 Å². The number of benzene rings is 1. The molecule has 0 aliphatic heterocycles. The number of nitrogens with two attached hydrogens (primary N) is 3. The van der Waals surface area contributed by atoms with Crippen LogP contribution in [0.25, 0.3) is 0 Å². The van der Waals surface area contributed by atoms with Crippen molar-refractivity contribution in [3.63, 3.8) is 0 Å². The zero-order chi connectivity index (χ0) is 14.4. The summed E-state index contributed by atoms with van der Waals surface area (Å²) in [5.74, 6) is 1.13. The lowest BCUT2D eigenvalue weighted by Crippen LogP contribution is -2.26. The lowest BCUT2D eigenvalue weighted by atomic mass is 10.2. The summed E-state index contributed by atoms with van der Waals surface area (Å²) >= 11 is 0. The normalized spacial score (nSPS) is 10.2. The fraction of sp³-hybridized carbons (Fsp3) is 0.273. The maximum atomic E-state index is 5.55. The molecule has 0 heterocycles. The molecular formula is C11H18ClN5O3. The van der Waals surface area contributed by atoms with Crippen LogP contribution < -0.4 is 31.4 Å². The van der Waals surface area contributed by atoms with Crippen LogP contribution in [0.3, 0.4) is 0 Å². The molecule has 0 radical (unpaired) electrons. The zero-order valence-corrected chi connectivity index (χ0v) is 12.2. The third-order valence-electron chi connectivity index (χ3n) is 2.14. The number of hydrogen-bond donors (Lipinski definition) is 3. The molecule has 112 valence electrons. The quantitative estimate of drug-likeness (QED) is 0.543. The number of hydrogen-bond acceptors (Lipinski definition) is 4. The van der Waals surface area contributed by atoms with E-state index in [-0.39, 0.29) is 24.3 Å². The van der Waals surface area contributed by atoms with Crippen molar-refractivity contribution in [2.45, 2.75) is 0 Å². The molecule has 8 nitrogen and oxygen atoms in total. The van der Waals surface area contributed by atoms with Gasteiger partial charge in [0, 0.05) is 12.1 Å². The second-order valence-electron chi connectivity index (χ2n) is 3.39. The van der Waals surface area contributed by atoms with Gasteiger partial charge in [-0.25, -0.2) is 4.99 Å². The zero-order valence-electron chi connectivity index (χ0n) is 11.4. The lowest BCUT2D eigenvalue weighted by Gasteiger charge is -2.12. The maximum Gasteiger partial charge on any atom is 0.223 e. The van der Waals surface area contributed by atoms with Gasteiger partial charge in [0.1, 0.15) is 0 Å². The predicted molar refractivity (Wildman–Crippen MR) is 80.4 cm³/mol. The highest BCUT2D eigenvalue weighted by Gasteiger charge is 2.13. The van der Waals surface area contributed by atoms with Crippen LogP contribution in [0.1, 0.15) is 0 Å². The summed E-state index contributed by atoms with van der Waals surface area (Å²) in [7, 11) is 4.52. The van der Waals surface area contributed by atoms with Gasteiger partial charge in [0.15, 0.2) is 17.5 Å². The van der Waals surface area contributed by atoms with Crippen LogP contribution in [0.5, 0.6) is 17.2 Å². The van der Waals surface area contributed by atoms with E-state index >= 15 is 0 Å². The van der Waals surface area contributed by atoms with Gasteiger partial charge < -0.3 is 31.4 Å². The third kappa shape index (κ3) is 4.39. The number of guanidine groups is 2. The summed E-state index contributed by atoms with van der Waals surface area (Å²) in [6.07, 6.45) is 0. The molecule has 0 spiro atoms. The molecule has 0 aromatic heterocycles. The number of ether oxygens (including phenoxy) is 3. The van der Waals surface area contributed by atoms with Crippen LogP contribution in [0.4, 0.5) is 5.69 Å². The molecule has 1 aromatic carbocycles. The van der Waals surface area contributed by atoms with E-state index in [9.17, 15) is 0 Å². The second-order valence-corrected chi connectivity index (χ2v) is 3.39. The Morgan fingerprint density at radius 1 is 0.950 bits per heavy atom. The largest absolute Gasteiger partial charge is 0.493 e. The minimum Gasteiger partial charge on any atom is -0.493 e. The summed E-state index contributed by atoms with van der Waals surface area (Å²) in [6.45, 7) is 0. The van der Waals surface area contributed by atoms with Gasteiger partial charge in [-0.05, 0) is 0 Å². The summed E-state index contributed by atoms with van der Waals surface area (Å²) in [5.41, 5.74) is 16.4. The Hall–Kier alpha value is -2.35. The number of rotatable bonds is 4. The van der Waals surface area contributed by atoms with Crippen LogP contribution >= 0.6 is 12.4 Å². The highest BCUT2D eigenvalue weighted by atomic mass is 35.5. The Morgan fingerprint density at radius 2 is 1.45 bits per heavy atom. The maximum absolute atomic E-state index is 5.55. The Balaban J connectivity index is 0.00000361. The van der Waals surface area contributed by atoms with Gasteiger partial charge in [-0.1, -0.05) is 0 Å². The molecule has 6 N–H and O–H groups in total. The first-order chi connectivity index (χ1) is 9.01. The molecule has 0 saturated carbocycles. The molecule has 1 rings (SSSR count). The fourth-order valence-corrected chi connectivity index (χ4v) is 1.42. The molecule has 0 saturated heterocycles. The monoisotopic (exact) mass is 303 g/mol. The Kier molecular flexibility index (Phi) is 7.01. The van der Waals surface area contributed by atoms with Crippen molar-refractivity contribution in [1.29, 1.82) is 0 Å². The smallest absolute Gasteiger partial charge is 0.223 e. The molecule has 0 atom stereocenters. The predicted octanol–water partition coefficient (Wildman–Crippen LogP) is 0.354. The SMILES string of the molecule is COc1cc(N=C(N)N=C(N)N)cc(OC)c1OC.Cl. The minimum atomic E-state index is -0.173. The standard InChI is InChI=1S/C11H17N5O3.ClH/c1-17-7-4-6(15-11(14)16-10(12)13)5-8(18-2)9(7)19-3;/h4-5H,1-3H3,(H6,12,13,14,15,16);1H. The molecule has 0 aliphatic rings. The van der Waals surface area contributed by atoms with Gasteiger partial charge in [0.2, 0.25) is 11.7 Å². The van der Waals surface area contributed by atoms with Crippen molar-refractivity contribution in [2.24, 2.45) is 27.2 Å². The van der Waals surface area contributed by atoms with Crippen molar-refractivity contribution in [1.82, 2.24) is 0 Å². The first kappa shape index (κ1) is 17.6. The van der Waals surface area contributed by atoms with Crippen LogP contribution in [0, 0.1) is 0 Å².